The van der Waals surface area contributed by atoms with Gasteiger partial charge < -0.3 is 19.8 Å². The second kappa shape index (κ2) is 30.9. The molecule has 0 rings (SSSR count). The van der Waals surface area contributed by atoms with E-state index in [1.165, 1.54) is 77.0 Å². The number of hydrogen-bond acceptors (Lipinski definition) is 8. The number of carbonyl (C=O) groups is 2. The van der Waals surface area contributed by atoms with Crippen molar-refractivity contribution in [2.75, 3.05) is 13.1 Å². The van der Waals surface area contributed by atoms with E-state index in [4.69, 9.17) is 0 Å². The SMILES string of the molecule is CCCCCCCCCC/C=C/S(=O)(=O)NCC(=O)[O-].CCCCCCCCCC/C=C/S(=O)(=O)NCC(=O)[O-].[Ca+2]. The second-order valence-electron chi connectivity index (χ2n) is 9.75. The normalized spacial score (nSPS) is 11.8. The number of allylic oxidation sites excluding steroid dienone is 2. The fourth-order valence-electron chi connectivity index (χ4n) is 3.60. The summed E-state index contributed by atoms with van der Waals surface area (Å²) in [5.74, 6) is -2.88. The predicted molar refractivity (Wildman–Crippen MR) is 162 cm³/mol. The minimum Gasteiger partial charge on any atom is -0.549 e. The molecule has 0 aromatic carbocycles. The Balaban J connectivity index is -0.000000688. The molecular weight excluding hydrogens is 597 g/mol. The molecule has 0 spiro atoms. The molecule has 0 radical (unpaired) electrons. The van der Waals surface area contributed by atoms with E-state index in [0.29, 0.717) is 12.8 Å². The standard InChI is InChI=1S/2C14H27NO4S.Ca/c2*1-2-3-4-5-6-7-8-9-10-11-12-20(18,19)15-13-14(16)17;/h2*11-12,15H,2-10,13H2,1H3,(H,16,17);/q;;+2/p-2/b2*12-11+;. The molecule has 13 heteroatoms. The second-order valence-corrected chi connectivity index (χ2v) is 13.0. The summed E-state index contributed by atoms with van der Waals surface area (Å²) in [5, 5.41) is 22.3. The zero-order valence-electron chi connectivity index (χ0n) is 25.2. The third-order valence-electron chi connectivity index (χ3n) is 5.83. The molecule has 0 aromatic rings. The number of hydrogen-bond donors (Lipinski definition) is 2. The first-order valence-electron chi connectivity index (χ1n) is 14.7. The van der Waals surface area contributed by atoms with Gasteiger partial charge in [0.1, 0.15) is 0 Å². The fraction of sp³-hybridized carbons (Fsp3) is 0.786. The number of nitrogens with one attached hydrogen (secondary N) is 2. The number of unbranched alkanes of at least 4 members (excludes halogenated alkanes) is 16. The quantitative estimate of drug-likeness (QED) is 0.106. The first-order valence-corrected chi connectivity index (χ1v) is 17.8. The first-order chi connectivity index (χ1) is 19.0. The van der Waals surface area contributed by atoms with Crippen LogP contribution in [0.1, 0.15) is 129 Å². The number of carboxylic acids is 2. The average Bonchev–Trinajstić information content (AvgIpc) is 2.89. The minimum atomic E-state index is -3.64. The summed E-state index contributed by atoms with van der Waals surface area (Å²) in [6.45, 7) is 3.01. The molecule has 0 aliphatic carbocycles. The maximum atomic E-state index is 11.3. The van der Waals surface area contributed by atoms with Crippen molar-refractivity contribution in [3.63, 3.8) is 0 Å². The van der Waals surface area contributed by atoms with Gasteiger partial charge in [-0.15, -0.1) is 0 Å². The Morgan fingerprint density at radius 1 is 0.537 bits per heavy atom. The Bertz CT molecular complexity index is 834. The van der Waals surface area contributed by atoms with Gasteiger partial charge in [0.25, 0.3) is 0 Å². The molecule has 0 saturated heterocycles. The summed E-state index contributed by atoms with van der Waals surface area (Å²) in [6, 6.07) is 0. The maximum Gasteiger partial charge on any atom is 2.00 e. The molecule has 0 aliphatic rings. The molecule has 0 bridgehead atoms. The molecule has 0 saturated carbocycles. The number of rotatable bonds is 26. The van der Waals surface area contributed by atoms with E-state index < -0.39 is 45.1 Å². The van der Waals surface area contributed by atoms with Crippen LogP contribution in [-0.2, 0) is 29.6 Å². The Morgan fingerprint density at radius 2 is 0.805 bits per heavy atom. The van der Waals surface area contributed by atoms with E-state index in [1.807, 2.05) is 9.44 Å². The summed E-state index contributed by atoms with van der Waals surface area (Å²) < 4.78 is 49.0. The maximum absolute atomic E-state index is 11.3. The van der Waals surface area contributed by atoms with E-state index in [9.17, 15) is 36.6 Å². The number of aliphatic carboxylic acids is 2. The summed E-state index contributed by atoms with van der Waals surface area (Å²) in [7, 11) is -7.27. The smallest absolute Gasteiger partial charge is 0.549 e. The molecule has 236 valence electrons. The molecule has 0 heterocycles. The van der Waals surface area contributed by atoms with Gasteiger partial charge in [-0.05, 0) is 25.7 Å². The zero-order chi connectivity index (χ0) is 30.5. The van der Waals surface area contributed by atoms with Crippen LogP contribution in [0, 0.1) is 0 Å². The van der Waals surface area contributed by atoms with Crippen molar-refractivity contribution in [2.24, 2.45) is 0 Å². The van der Waals surface area contributed by atoms with Crippen LogP contribution in [0.15, 0.2) is 23.0 Å². The number of carbonyl (C=O) groups excluding carboxylic acids is 2. The monoisotopic (exact) mass is 648 g/mol. The predicted octanol–water partition coefficient (Wildman–Crippen LogP) is 3.02. The van der Waals surface area contributed by atoms with Crippen LogP contribution < -0.4 is 19.7 Å². The van der Waals surface area contributed by atoms with E-state index in [-0.39, 0.29) is 37.7 Å². The van der Waals surface area contributed by atoms with Crippen LogP contribution in [0.3, 0.4) is 0 Å². The molecule has 0 aliphatic heterocycles. The Hall–Kier alpha value is -0.500. The third kappa shape index (κ3) is 39.5. The summed E-state index contributed by atoms with van der Waals surface area (Å²) in [4.78, 5) is 20.3. The Labute approximate surface area is 279 Å². The van der Waals surface area contributed by atoms with Gasteiger partial charge in [0.15, 0.2) is 0 Å². The van der Waals surface area contributed by atoms with Crippen molar-refractivity contribution in [1.29, 1.82) is 0 Å². The van der Waals surface area contributed by atoms with Crippen molar-refractivity contribution in [3.8, 4) is 0 Å². The topological polar surface area (TPSA) is 173 Å². The van der Waals surface area contributed by atoms with Gasteiger partial charge >= 0.3 is 37.7 Å². The number of carboxylic acid groups (broad SMARTS) is 2. The Morgan fingerprint density at radius 3 is 1.07 bits per heavy atom. The van der Waals surface area contributed by atoms with Crippen molar-refractivity contribution in [1.82, 2.24) is 9.44 Å². The molecule has 10 nitrogen and oxygen atoms in total. The molecule has 0 unspecified atom stereocenters. The van der Waals surface area contributed by atoms with Crippen molar-refractivity contribution < 1.29 is 36.6 Å². The van der Waals surface area contributed by atoms with Crippen LogP contribution in [-0.4, -0.2) is 79.6 Å². The zero-order valence-corrected chi connectivity index (χ0v) is 29.1. The van der Waals surface area contributed by atoms with E-state index in [0.717, 1.165) is 36.5 Å². The van der Waals surface area contributed by atoms with E-state index >= 15 is 0 Å². The molecular formula is C28H52CaN2O8S2. The van der Waals surface area contributed by atoms with Crippen LogP contribution in [0.2, 0.25) is 0 Å². The Kier molecular flexibility index (Phi) is 33.9. The van der Waals surface area contributed by atoms with Crippen molar-refractivity contribution in [3.05, 3.63) is 23.0 Å². The first kappa shape index (κ1) is 44.9. The molecule has 2 N–H and O–H groups in total. The minimum absolute atomic E-state index is 0. The fourth-order valence-corrected chi connectivity index (χ4v) is 5.21. The van der Waals surface area contributed by atoms with Gasteiger partial charge in [0, 0.05) is 10.8 Å². The summed E-state index contributed by atoms with van der Waals surface area (Å²) in [6.07, 6.45) is 23.8. The molecule has 0 amide bonds. The van der Waals surface area contributed by atoms with Gasteiger partial charge in [-0.1, -0.05) is 116 Å². The molecule has 0 aromatic heterocycles. The van der Waals surface area contributed by atoms with Gasteiger partial charge in [0.2, 0.25) is 20.0 Å². The summed E-state index contributed by atoms with van der Waals surface area (Å²) >= 11 is 0. The molecule has 0 atom stereocenters. The van der Waals surface area contributed by atoms with Gasteiger partial charge in [-0.2, -0.15) is 0 Å². The van der Waals surface area contributed by atoms with Gasteiger partial charge in [-0.25, -0.2) is 26.3 Å². The number of sulfonamides is 2. The van der Waals surface area contributed by atoms with Crippen molar-refractivity contribution >= 4 is 69.7 Å². The van der Waals surface area contributed by atoms with E-state index in [1.54, 1.807) is 12.2 Å². The van der Waals surface area contributed by atoms with Crippen LogP contribution in [0.5, 0.6) is 0 Å². The average molecular weight is 649 g/mol. The van der Waals surface area contributed by atoms with Crippen LogP contribution in [0.4, 0.5) is 0 Å². The largest absolute Gasteiger partial charge is 2.00 e. The molecule has 0 fully saturated rings. The molecule has 41 heavy (non-hydrogen) atoms. The van der Waals surface area contributed by atoms with E-state index in [2.05, 4.69) is 13.8 Å². The van der Waals surface area contributed by atoms with Gasteiger partial charge in [0.05, 0.1) is 25.0 Å². The third-order valence-corrected chi connectivity index (χ3v) is 8.03. The van der Waals surface area contributed by atoms with Crippen molar-refractivity contribution in [2.45, 2.75) is 129 Å². The summed E-state index contributed by atoms with van der Waals surface area (Å²) in [5.41, 5.74) is 0. The van der Waals surface area contributed by atoms with Gasteiger partial charge in [-0.3, -0.25) is 0 Å². The van der Waals surface area contributed by atoms with Crippen LogP contribution >= 0.6 is 0 Å². The van der Waals surface area contributed by atoms with Crippen LogP contribution in [0.25, 0.3) is 0 Å².